The molecule has 3 aromatic rings. The first kappa shape index (κ1) is 21.7. The Morgan fingerprint density at radius 2 is 1.77 bits per heavy atom. The lowest BCUT2D eigenvalue weighted by molar-refractivity contribution is -0.118. The molecule has 1 aromatic heterocycles. The van der Waals surface area contributed by atoms with Crippen LogP contribution in [0, 0.1) is 5.82 Å². The summed E-state index contributed by atoms with van der Waals surface area (Å²) in [5.41, 5.74) is 3.13. The van der Waals surface area contributed by atoms with Gasteiger partial charge in [-0.3, -0.25) is 9.59 Å². The number of amides is 1. The fourth-order valence-electron chi connectivity index (χ4n) is 3.18. The molecule has 0 saturated heterocycles. The van der Waals surface area contributed by atoms with Crippen LogP contribution in [0.3, 0.4) is 0 Å². The molecule has 0 spiro atoms. The highest BCUT2D eigenvalue weighted by molar-refractivity contribution is 6.30. The Kier molecular flexibility index (Phi) is 6.95. The van der Waals surface area contributed by atoms with Crippen LogP contribution in [0.2, 0.25) is 5.15 Å². The number of hydrogen-bond donors (Lipinski definition) is 0. The van der Waals surface area contributed by atoms with E-state index in [4.69, 9.17) is 11.6 Å². The first-order chi connectivity index (χ1) is 14.4. The summed E-state index contributed by atoms with van der Waals surface area (Å²) < 4.78 is 14.5. The highest BCUT2D eigenvalue weighted by Gasteiger charge is 2.14. The van der Waals surface area contributed by atoms with Gasteiger partial charge in [-0.15, -0.1) is 0 Å². The molecular weight excluding hydrogens is 403 g/mol. The van der Waals surface area contributed by atoms with Crippen molar-refractivity contribution in [1.82, 2.24) is 4.98 Å². The summed E-state index contributed by atoms with van der Waals surface area (Å²) in [6, 6.07) is 15.5. The minimum Gasteiger partial charge on any atom is -0.313 e. The summed E-state index contributed by atoms with van der Waals surface area (Å²) in [5.74, 6) is -0.620. The molecule has 6 heteroatoms. The van der Waals surface area contributed by atoms with Gasteiger partial charge in [0.05, 0.1) is 5.69 Å². The van der Waals surface area contributed by atoms with Crippen molar-refractivity contribution < 1.29 is 14.0 Å². The van der Waals surface area contributed by atoms with Crippen LogP contribution in [-0.2, 0) is 11.2 Å². The lowest BCUT2D eigenvalue weighted by Gasteiger charge is -2.17. The number of aromatic nitrogens is 1. The zero-order valence-electron chi connectivity index (χ0n) is 16.9. The number of hydrogen-bond acceptors (Lipinski definition) is 3. The molecule has 0 aliphatic carbocycles. The van der Waals surface area contributed by atoms with Crippen LogP contribution >= 0.6 is 11.6 Å². The van der Waals surface area contributed by atoms with Crippen molar-refractivity contribution in [3.8, 4) is 11.1 Å². The number of carbonyl (C=O) groups excluding carboxylic acids is 2. The molecule has 0 atom stereocenters. The molecule has 4 nitrogen and oxygen atoms in total. The fourth-order valence-corrected chi connectivity index (χ4v) is 3.39. The lowest BCUT2D eigenvalue weighted by atomic mass is 9.99. The van der Waals surface area contributed by atoms with Crippen molar-refractivity contribution >= 4 is 29.0 Å². The van der Waals surface area contributed by atoms with E-state index in [1.807, 2.05) is 6.07 Å². The smallest absolute Gasteiger partial charge is 0.226 e. The zero-order chi connectivity index (χ0) is 21.7. The largest absolute Gasteiger partial charge is 0.313 e. The summed E-state index contributed by atoms with van der Waals surface area (Å²) >= 11 is 6.04. The van der Waals surface area contributed by atoms with Gasteiger partial charge in [0.1, 0.15) is 11.0 Å². The molecule has 0 aliphatic rings. The highest BCUT2D eigenvalue weighted by atomic mass is 35.5. The molecule has 3 rings (SSSR count). The van der Waals surface area contributed by atoms with Crippen LogP contribution < -0.4 is 4.90 Å². The van der Waals surface area contributed by atoms with Gasteiger partial charge in [0.2, 0.25) is 5.91 Å². The predicted octanol–water partition coefficient (Wildman–Crippen LogP) is 5.73. The van der Waals surface area contributed by atoms with Crippen molar-refractivity contribution in [2.24, 2.45) is 0 Å². The van der Waals surface area contributed by atoms with Crippen LogP contribution in [0.15, 0.2) is 60.8 Å². The van der Waals surface area contributed by atoms with E-state index in [1.165, 1.54) is 11.0 Å². The number of nitrogens with zero attached hydrogens (tertiary/aromatic N) is 2. The molecule has 154 valence electrons. The van der Waals surface area contributed by atoms with Gasteiger partial charge in [-0.25, -0.2) is 9.37 Å². The Labute approximate surface area is 180 Å². The maximum absolute atomic E-state index is 14.5. The molecular formula is C24H22ClFN2O2. The van der Waals surface area contributed by atoms with E-state index in [1.54, 1.807) is 62.6 Å². The van der Waals surface area contributed by atoms with Crippen molar-refractivity contribution in [2.75, 3.05) is 11.9 Å². The third-order valence-corrected chi connectivity index (χ3v) is 5.32. The fraction of sp³-hybridized carbons (Fsp3) is 0.208. The maximum atomic E-state index is 14.5. The van der Waals surface area contributed by atoms with E-state index < -0.39 is 5.82 Å². The van der Waals surface area contributed by atoms with Crippen molar-refractivity contribution in [3.63, 3.8) is 0 Å². The second-order valence-electron chi connectivity index (χ2n) is 6.93. The number of pyridine rings is 1. The van der Waals surface area contributed by atoms with Gasteiger partial charge in [-0.05, 0) is 41.3 Å². The molecule has 1 heterocycles. The predicted molar refractivity (Wildman–Crippen MR) is 117 cm³/mol. The summed E-state index contributed by atoms with van der Waals surface area (Å²) in [6.07, 6.45) is 2.76. The minimum atomic E-state index is -0.467. The number of carbonyl (C=O) groups is 2. The average Bonchev–Trinajstić information content (AvgIpc) is 2.77. The van der Waals surface area contributed by atoms with Crippen LogP contribution in [0.25, 0.3) is 11.1 Å². The number of ketones is 1. The molecule has 0 fully saturated rings. The van der Waals surface area contributed by atoms with Crippen LogP contribution in [0.4, 0.5) is 10.1 Å². The van der Waals surface area contributed by atoms with Crippen molar-refractivity contribution in [2.45, 2.75) is 26.2 Å². The molecule has 0 saturated carbocycles. The van der Waals surface area contributed by atoms with Gasteiger partial charge in [-0.2, -0.15) is 0 Å². The minimum absolute atomic E-state index is 0.00250. The standard InChI is InChI=1S/C24H22ClFN2O2/c1-3-23(30)28(2)21-12-10-19(15-20(21)26)16-6-8-17(9-7-16)22(29)13-11-18-5-4-14-27-24(18)25/h4-10,12,14-15H,3,11,13H2,1-2H3. The summed E-state index contributed by atoms with van der Waals surface area (Å²) in [5, 5.41) is 0.414. The van der Waals surface area contributed by atoms with Gasteiger partial charge in [0.25, 0.3) is 0 Å². The van der Waals surface area contributed by atoms with E-state index in [-0.39, 0.29) is 17.4 Å². The Balaban J connectivity index is 1.71. The molecule has 2 aromatic carbocycles. The van der Waals surface area contributed by atoms with Crippen LogP contribution in [0.1, 0.15) is 35.7 Å². The van der Waals surface area contributed by atoms with E-state index in [2.05, 4.69) is 4.98 Å². The van der Waals surface area contributed by atoms with Gasteiger partial charge < -0.3 is 4.90 Å². The van der Waals surface area contributed by atoms with E-state index in [0.717, 1.165) is 11.1 Å². The number of anilines is 1. The number of rotatable bonds is 7. The third kappa shape index (κ3) is 4.92. The Morgan fingerprint density at radius 3 is 2.40 bits per heavy atom. The number of benzene rings is 2. The Hall–Kier alpha value is -3.05. The number of aryl methyl sites for hydroxylation is 1. The molecule has 0 unspecified atom stereocenters. The molecule has 0 aliphatic heterocycles. The van der Waals surface area contributed by atoms with Gasteiger partial charge in [0, 0.05) is 31.6 Å². The van der Waals surface area contributed by atoms with Gasteiger partial charge in [-0.1, -0.05) is 54.9 Å². The summed E-state index contributed by atoms with van der Waals surface area (Å²) in [4.78, 5) is 29.6. The van der Waals surface area contributed by atoms with Gasteiger partial charge in [0.15, 0.2) is 5.78 Å². The number of halogens is 2. The van der Waals surface area contributed by atoms with Crippen molar-refractivity contribution in [1.29, 1.82) is 0 Å². The van der Waals surface area contributed by atoms with Crippen LogP contribution in [-0.4, -0.2) is 23.7 Å². The normalized spacial score (nSPS) is 10.7. The van der Waals surface area contributed by atoms with Crippen molar-refractivity contribution in [3.05, 3.63) is 82.9 Å². The second kappa shape index (κ2) is 9.63. The average molecular weight is 425 g/mol. The molecule has 0 radical (unpaired) electrons. The van der Waals surface area contributed by atoms with Gasteiger partial charge >= 0.3 is 0 Å². The Bertz CT molecular complexity index is 1070. The monoisotopic (exact) mass is 424 g/mol. The first-order valence-electron chi connectivity index (χ1n) is 9.69. The summed E-state index contributed by atoms with van der Waals surface area (Å²) in [6.45, 7) is 1.74. The SMILES string of the molecule is CCC(=O)N(C)c1ccc(-c2ccc(C(=O)CCc3cccnc3Cl)cc2)cc1F. The second-order valence-corrected chi connectivity index (χ2v) is 7.28. The number of Topliss-reactive ketones (excluding diaryl/α,β-unsaturated/α-hetero) is 1. The summed E-state index contributed by atoms with van der Waals surface area (Å²) in [7, 11) is 1.56. The molecule has 0 N–H and O–H groups in total. The topological polar surface area (TPSA) is 50.3 Å². The van der Waals surface area contributed by atoms with E-state index in [0.29, 0.717) is 35.5 Å². The Morgan fingerprint density at radius 1 is 1.07 bits per heavy atom. The molecule has 1 amide bonds. The quantitative estimate of drug-likeness (QED) is 0.359. The molecule has 0 bridgehead atoms. The van der Waals surface area contributed by atoms with E-state index in [9.17, 15) is 14.0 Å². The zero-order valence-corrected chi connectivity index (χ0v) is 17.6. The lowest BCUT2D eigenvalue weighted by Crippen LogP contribution is -2.25. The van der Waals surface area contributed by atoms with E-state index >= 15 is 0 Å². The van der Waals surface area contributed by atoms with Crippen LogP contribution in [0.5, 0.6) is 0 Å². The highest BCUT2D eigenvalue weighted by Crippen LogP contribution is 2.27. The third-order valence-electron chi connectivity index (χ3n) is 4.98. The first-order valence-corrected chi connectivity index (χ1v) is 10.1. The maximum Gasteiger partial charge on any atom is 0.226 e. The molecule has 30 heavy (non-hydrogen) atoms.